The van der Waals surface area contributed by atoms with Crippen LogP contribution < -0.4 is 10.6 Å². The van der Waals surface area contributed by atoms with Crippen molar-refractivity contribution in [3.8, 4) is 0 Å². The molecule has 0 spiro atoms. The summed E-state index contributed by atoms with van der Waals surface area (Å²) in [4.78, 5) is 25.6. The number of pyridine rings is 1. The van der Waals surface area contributed by atoms with Gasteiger partial charge in [0.15, 0.2) is 5.82 Å². The van der Waals surface area contributed by atoms with Gasteiger partial charge >= 0.3 is 0 Å². The summed E-state index contributed by atoms with van der Waals surface area (Å²) in [5.41, 5.74) is 0. The molecule has 0 saturated carbocycles. The van der Waals surface area contributed by atoms with Crippen molar-refractivity contribution >= 4 is 46.7 Å². The van der Waals surface area contributed by atoms with Gasteiger partial charge in [0.25, 0.3) is 0 Å². The first-order valence-corrected chi connectivity index (χ1v) is 5.07. The minimum absolute atomic E-state index is 0. The van der Waals surface area contributed by atoms with E-state index in [1.165, 1.54) is 19.9 Å². The fourth-order valence-electron chi connectivity index (χ4n) is 0.992. The predicted molar refractivity (Wildman–Crippen MR) is 62.9 cm³/mol. The molecule has 0 bridgehead atoms. The molecule has 0 aliphatic heterocycles. The van der Waals surface area contributed by atoms with E-state index < -0.39 is 0 Å². The Morgan fingerprint density at radius 2 is 1.71 bits per heavy atom. The summed E-state index contributed by atoms with van der Waals surface area (Å²) in [7, 11) is 0. The topological polar surface area (TPSA) is 71.1 Å². The SMILES string of the molecule is CC(=O)Nc1cc(Cl)c(Cl)c(NC(C)=O)n1.[Cu]. The Hall–Kier alpha value is -0.811. The standard InChI is InChI=1S/C9H9Cl2N3O2.Cu/c1-4(15)12-7-3-6(10)8(11)9(14-7)13-5(2)16;/h3H,1-2H3,(H2,12,13,14,15,16);. The Morgan fingerprint density at radius 1 is 1.18 bits per heavy atom. The molecule has 0 aromatic carbocycles. The zero-order valence-corrected chi connectivity index (χ0v) is 11.4. The van der Waals surface area contributed by atoms with Gasteiger partial charge in [0.1, 0.15) is 10.8 Å². The smallest absolute Gasteiger partial charge is 0.222 e. The summed E-state index contributed by atoms with van der Waals surface area (Å²) in [5, 5.41) is 5.18. The average Bonchev–Trinajstić information content (AvgIpc) is 2.11. The van der Waals surface area contributed by atoms with Crippen LogP contribution in [0, 0.1) is 0 Å². The van der Waals surface area contributed by atoms with E-state index in [-0.39, 0.29) is 50.6 Å². The van der Waals surface area contributed by atoms with Crippen molar-refractivity contribution in [2.45, 2.75) is 13.8 Å². The minimum Gasteiger partial charge on any atom is -0.311 e. The number of hydrogen-bond donors (Lipinski definition) is 2. The maximum atomic E-state index is 10.9. The molecule has 0 atom stereocenters. The van der Waals surface area contributed by atoms with Gasteiger partial charge in [-0.05, 0) is 0 Å². The maximum absolute atomic E-state index is 10.9. The van der Waals surface area contributed by atoms with Gasteiger partial charge in [0, 0.05) is 37.0 Å². The van der Waals surface area contributed by atoms with Crippen LogP contribution in [0.3, 0.4) is 0 Å². The van der Waals surface area contributed by atoms with Crippen molar-refractivity contribution in [1.82, 2.24) is 4.98 Å². The molecule has 0 saturated heterocycles. The van der Waals surface area contributed by atoms with Gasteiger partial charge in [0.05, 0.1) is 5.02 Å². The maximum Gasteiger partial charge on any atom is 0.222 e. The number of carbonyl (C=O) groups excluding carboxylic acids is 2. The van der Waals surface area contributed by atoms with E-state index in [0.29, 0.717) is 0 Å². The van der Waals surface area contributed by atoms with Gasteiger partial charge in [-0.1, -0.05) is 23.2 Å². The van der Waals surface area contributed by atoms with Crippen LogP contribution in [0.15, 0.2) is 6.07 Å². The quantitative estimate of drug-likeness (QED) is 0.820. The third-order valence-electron chi connectivity index (χ3n) is 1.51. The summed E-state index contributed by atoms with van der Waals surface area (Å²) in [6.45, 7) is 2.65. The summed E-state index contributed by atoms with van der Waals surface area (Å²) in [5.74, 6) is -0.277. The summed E-state index contributed by atoms with van der Waals surface area (Å²) in [6, 6.07) is 1.40. The van der Waals surface area contributed by atoms with Gasteiger partial charge in [-0.15, -0.1) is 0 Å². The molecule has 1 radical (unpaired) electrons. The van der Waals surface area contributed by atoms with Gasteiger partial charge in [-0.25, -0.2) is 4.98 Å². The third kappa shape index (κ3) is 4.91. The second kappa shape index (κ2) is 6.81. The largest absolute Gasteiger partial charge is 0.311 e. The number of nitrogens with zero attached hydrogens (tertiary/aromatic N) is 1. The van der Waals surface area contributed by atoms with E-state index >= 15 is 0 Å². The summed E-state index contributed by atoms with van der Waals surface area (Å²) < 4.78 is 0. The Kier molecular flexibility index (Phi) is 6.49. The van der Waals surface area contributed by atoms with Crippen LogP contribution in [-0.4, -0.2) is 16.8 Å². The molecule has 2 amide bonds. The Balaban J connectivity index is 0.00000256. The van der Waals surface area contributed by atoms with E-state index in [1.54, 1.807) is 0 Å². The number of aromatic nitrogens is 1. The van der Waals surface area contributed by atoms with E-state index in [2.05, 4.69) is 15.6 Å². The van der Waals surface area contributed by atoms with Crippen LogP contribution in [0.2, 0.25) is 10.0 Å². The molecule has 0 unspecified atom stereocenters. The number of hydrogen-bond acceptors (Lipinski definition) is 3. The van der Waals surface area contributed by atoms with E-state index in [0.717, 1.165) is 0 Å². The van der Waals surface area contributed by atoms with Crippen molar-refractivity contribution < 1.29 is 26.7 Å². The van der Waals surface area contributed by atoms with E-state index in [1.807, 2.05) is 0 Å². The Morgan fingerprint density at radius 3 is 2.18 bits per heavy atom. The first kappa shape index (κ1) is 16.2. The van der Waals surface area contributed by atoms with Crippen LogP contribution in [0.4, 0.5) is 11.6 Å². The van der Waals surface area contributed by atoms with Crippen molar-refractivity contribution in [1.29, 1.82) is 0 Å². The van der Waals surface area contributed by atoms with Gasteiger partial charge in [-0.3, -0.25) is 9.59 Å². The van der Waals surface area contributed by atoms with Crippen molar-refractivity contribution in [3.05, 3.63) is 16.1 Å². The second-order valence-electron chi connectivity index (χ2n) is 3.01. The third-order valence-corrected chi connectivity index (χ3v) is 2.29. The molecule has 1 rings (SSSR count). The summed E-state index contributed by atoms with van der Waals surface area (Å²) >= 11 is 11.6. The number of nitrogens with one attached hydrogen (secondary N) is 2. The molecule has 1 aromatic rings. The zero-order chi connectivity index (χ0) is 12.3. The van der Waals surface area contributed by atoms with Crippen molar-refractivity contribution in [2.24, 2.45) is 0 Å². The number of carbonyl (C=O) groups is 2. The molecule has 0 fully saturated rings. The molecule has 2 N–H and O–H groups in total. The molecule has 17 heavy (non-hydrogen) atoms. The first-order valence-electron chi connectivity index (χ1n) is 4.31. The summed E-state index contributed by atoms with van der Waals surface area (Å²) in [6.07, 6.45) is 0. The fraction of sp³-hybridized carbons (Fsp3) is 0.222. The van der Waals surface area contributed by atoms with Gasteiger partial charge in [-0.2, -0.15) is 0 Å². The van der Waals surface area contributed by atoms with E-state index in [4.69, 9.17) is 23.2 Å². The number of halogens is 2. The molecule has 8 heteroatoms. The second-order valence-corrected chi connectivity index (χ2v) is 3.80. The molecule has 1 heterocycles. The molecule has 0 aliphatic rings. The van der Waals surface area contributed by atoms with Gasteiger partial charge < -0.3 is 10.6 Å². The first-order chi connectivity index (χ1) is 7.40. The minimum atomic E-state index is -0.328. The van der Waals surface area contributed by atoms with Gasteiger partial charge in [0.2, 0.25) is 11.8 Å². The number of anilines is 2. The molecule has 1 aromatic heterocycles. The zero-order valence-electron chi connectivity index (χ0n) is 8.90. The average molecular weight is 326 g/mol. The number of amides is 2. The fourth-order valence-corrected chi connectivity index (χ4v) is 1.33. The predicted octanol–water partition coefficient (Wildman–Crippen LogP) is 2.30. The number of rotatable bonds is 2. The molecular formula is C9H9Cl2CuN3O2. The monoisotopic (exact) mass is 324 g/mol. The van der Waals surface area contributed by atoms with E-state index in [9.17, 15) is 9.59 Å². The molecule has 0 aliphatic carbocycles. The Bertz CT molecular complexity index is 454. The van der Waals surface area contributed by atoms with Crippen LogP contribution in [0.1, 0.15) is 13.8 Å². The molecular weight excluding hydrogens is 317 g/mol. The molecule has 5 nitrogen and oxygen atoms in total. The van der Waals surface area contributed by atoms with Crippen LogP contribution in [0.5, 0.6) is 0 Å². The van der Waals surface area contributed by atoms with Crippen molar-refractivity contribution in [2.75, 3.05) is 10.6 Å². The van der Waals surface area contributed by atoms with Crippen LogP contribution in [-0.2, 0) is 26.7 Å². The normalized spacial score (nSPS) is 9.18. The van der Waals surface area contributed by atoms with Crippen LogP contribution >= 0.6 is 23.2 Å². The van der Waals surface area contributed by atoms with Crippen LogP contribution in [0.25, 0.3) is 0 Å². The Labute approximate surface area is 119 Å². The molecule has 97 valence electrons. The van der Waals surface area contributed by atoms with Crippen molar-refractivity contribution in [3.63, 3.8) is 0 Å².